The Morgan fingerprint density at radius 1 is 0.833 bits per heavy atom. The largest absolute Gasteiger partial charge is 0.387 e. The SMILES string of the molecule is OC1CCC(O)C(F)(F)C1(F)F. The predicted molar refractivity (Wildman–Crippen MR) is 31.1 cm³/mol. The first-order chi connectivity index (χ1) is 5.30. The molecular weight excluding hydrogens is 180 g/mol. The Labute approximate surface area is 65.8 Å². The van der Waals surface area contributed by atoms with Gasteiger partial charge in [0.25, 0.3) is 0 Å². The summed E-state index contributed by atoms with van der Waals surface area (Å²) in [7, 11) is 0. The van der Waals surface area contributed by atoms with Gasteiger partial charge in [0.2, 0.25) is 0 Å². The van der Waals surface area contributed by atoms with Crippen molar-refractivity contribution in [3.8, 4) is 0 Å². The van der Waals surface area contributed by atoms with Gasteiger partial charge in [-0.15, -0.1) is 0 Å². The van der Waals surface area contributed by atoms with Crippen LogP contribution in [0.5, 0.6) is 0 Å². The van der Waals surface area contributed by atoms with Crippen LogP contribution >= 0.6 is 0 Å². The lowest BCUT2D eigenvalue weighted by Gasteiger charge is -2.37. The fourth-order valence-electron chi connectivity index (χ4n) is 1.12. The molecule has 0 spiro atoms. The van der Waals surface area contributed by atoms with E-state index in [1.54, 1.807) is 0 Å². The van der Waals surface area contributed by atoms with E-state index in [1.807, 2.05) is 0 Å². The van der Waals surface area contributed by atoms with Crippen molar-refractivity contribution >= 4 is 0 Å². The Balaban J connectivity index is 2.92. The molecule has 1 aliphatic carbocycles. The Kier molecular flexibility index (Phi) is 2.08. The molecule has 1 saturated carbocycles. The summed E-state index contributed by atoms with van der Waals surface area (Å²) in [6.45, 7) is 0. The van der Waals surface area contributed by atoms with Crippen molar-refractivity contribution < 1.29 is 27.8 Å². The molecule has 1 aliphatic rings. The number of alkyl halides is 4. The van der Waals surface area contributed by atoms with Crippen molar-refractivity contribution in [3.63, 3.8) is 0 Å². The summed E-state index contributed by atoms with van der Waals surface area (Å²) in [5.74, 6) is -9.05. The fourth-order valence-corrected chi connectivity index (χ4v) is 1.12. The lowest BCUT2D eigenvalue weighted by Crippen LogP contribution is -2.59. The van der Waals surface area contributed by atoms with Crippen molar-refractivity contribution in [2.24, 2.45) is 0 Å². The van der Waals surface area contributed by atoms with E-state index in [2.05, 4.69) is 0 Å². The summed E-state index contributed by atoms with van der Waals surface area (Å²) in [5, 5.41) is 17.1. The molecule has 0 aromatic rings. The second kappa shape index (κ2) is 2.56. The van der Waals surface area contributed by atoms with Crippen molar-refractivity contribution in [3.05, 3.63) is 0 Å². The van der Waals surface area contributed by atoms with Gasteiger partial charge in [-0.05, 0) is 12.8 Å². The molecule has 0 radical (unpaired) electrons. The molecule has 1 fully saturated rings. The maximum atomic E-state index is 12.5. The van der Waals surface area contributed by atoms with E-state index >= 15 is 0 Å². The van der Waals surface area contributed by atoms with Crippen molar-refractivity contribution in [1.82, 2.24) is 0 Å². The van der Waals surface area contributed by atoms with E-state index in [0.717, 1.165) is 0 Å². The van der Waals surface area contributed by atoms with Gasteiger partial charge in [-0.3, -0.25) is 0 Å². The average Bonchev–Trinajstić information content (AvgIpc) is 1.96. The zero-order chi connectivity index (χ0) is 9.57. The molecule has 0 aromatic heterocycles. The van der Waals surface area contributed by atoms with Crippen LogP contribution < -0.4 is 0 Å². The number of rotatable bonds is 0. The predicted octanol–water partition coefficient (Wildman–Crippen LogP) is 0.773. The first-order valence-corrected chi connectivity index (χ1v) is 3.42. The normalized spacial score (nSPS) is 39.5. The third-order valence-electron chi connectivity index (χ3n) is 1.99. The molecule has 0 aromatic carbocycles. The first kappa shape index (κ1) is 9.73. The van der Waals surface area contributed by atoms with E-state index in [0.29, 0.717) is 0 Å². The van der Waals surface area contributed by atoms with Gasteiger partial charge in [0, 0.05) is 0 Å². The zero-order valence-corrected chi connectivity index (χ0v) is 5.98. The molecule has 72 valence electrons. The summed E-state index contributed by atoms with van der Waals surface area (Å²) in [6.07, 6.45) is -5.75. The third-order valence-corrected chi connectivity index (χ3v) is 1.99. The van der Waals surface area contributed by atoms with Gasteiger partial charge >= 0.3 is 11.8 Å². The molecule has 6 heteroatoms. The van der Waals surface area contributed by atoms with Crippen LogP contribution in [0.25, 0.3) is 0 Å². The molecule has 0 bridgehead atoms. The van der Waals surface area contributed by atoms with E-state index in [9.17, 15) is 17.6 Å². The summed E-state index contributed by atoms with van der Waals surface area (Å²) < 4.78 is 49.9. The van der Waals surface area contributed by atoms with E-state index in [1.165, 1.54) is 0 Å². The fraction of sp³-hybridized carbons (Fsp3) is 1.00. The van der Waals surface area contributed by atoms with E-state index in [-0.39, 0.29) is 0 Å². The lowest BCUT2D eigenvalue weighted by molar-refractivity contribution is -0.306. The standard InChI is InChI=1S/C6H8F4O2/c7-5(8)3(11)1-2-4(12)6(5,9)10/h3-4,11-12H,1-2H2. The van der Waals surface area contributed by atoms with E-state index < -0.39 is 36.9 Å². The highest BCUT2D eigenvalue weighted by molar-refractivity contribution is 4.99. The summed E-state index contributed by atoms with van der Waals surface area (Å²) in [6, 6.07) is 0. The topological polar surface area (TPSA) is 40.5 Å². The number of hydrogen-bond donors (Lipinski definition) is 2. The first-order valence-electron chi connectivity index (χ1n) is 3.42. The highest BCUT2D eigenvalue weighted by atomic mass is 19.3. The summed E-state index contributed by atoms with van der Waals surface area (Å²) in [4.78, 5) is 0. The minimum absolute atomic E-state index is 0.510. The Hall–Kier alpha value is -0.360. The molecule has 0 saturated heterocycles. The average molecular weight is 188 g/mol. The van der Waals surface area contributed by atoms with Gasteiger partial charge in [-0.25, -0.2) is 0 Å². The third kappa shape index (κ3) is 1.09. The highest BCUT2D eigenvalue weighted by Gasteiger charge is 2.66. The van der Waals surface area contributed by atoms with Crippen LogP contribution in [0.3, 0.4) is 0 Å². The van der Waals surface area contributed by atoms with Gasteiger partial charge in [0.1, 0.15) is 12.2 Å². The van der Waals surface area contributed by atoms with Gasteiger partial charge < -0.3 is 10.2 Å². The van der Waals surface area contributed by atoms with Gasteiger partial charge in [-0.2, -0.15) is 17.6 Å². The monoisotopic (exact) mass is 188 g/mol. The van der Waals surface area contributed by atoms with Gasteiger partial charge in [0.15, 0.2) is 0 Å². The number of hydrogen-bond acceptors (Lipinski definition) is 2. The molecule has 1 rings (SSSR count). The van der Waals surface area contributed by atoms with E-state index in [4.69, 9.17) is 10.2 Å². The molecule has 2 unspecified atom stereocenters. The highest BCUT2D eigenvalue weighted by Crippen LogP contribution is 2.45. The van der Waals surface area contributed by atoms with Gasteiger partial charge in [-0.1, -0.05) is 0 Å². The smallest absolute Gasteiger partial charge is 0.338 e. The van der Waals surface area contributed by atoms with Crippen LogP contribution in [-0.2, 0) is 0 Å². The quantitative estimate of drug-likeness (QED) is 0.551. The molecule has 12 heavy (non-hydrogen) atoms. The molecular formula is C6H8F4O2. The Morgan fingerprint density at radius 2 is 1.08 bits per heavy atom. The van der Waals surface area contributed by atoms with Crippen LogP contribution in [0.2, 0.25) is 0 Å². The van der Waals surface area contributed by atoms with Crippen LogP contribution in [0.4, 0.5) is 17.6 Å². The summed E-state index contributed by atoms with van der Waals surface area (Å²) in [5.41, 5.74) is 0. The molecule has 0 aliphatic heterocycles. The van der Waals surface area contributed by atoms with Crippen LogP contribution in [0, 0.1) is 0 Å². The van der Waals surface area contributed by atoms with Gasteiger partial charge in [0.05, 0.1) is 0 Å². The minimum atomic E-state index is -4.52. The number of halogens is 4. The second-order valence-electron chi connectivity index (χ2n) is 2.85. The maximum Gasteiger partial charge on any atom is 0.338 e. The number of aliphatic hydroxyl groups is 2. The van der Waals surface area contributed by atoms with Crippen LogP contribution in [0.15, 0.2) is 0 Å². The zero-order valence-electron chi connectivity index (χ0n) is 5.98. The lowest BCUT2D eigenvalue weighted by atomic mass is 9.88. The Morgan fingerprint density at radius 3 is 1.33 bits per heavy atom. The Bertz CT molecular complexity index is 162. The molecule has 2 atom stereocenters. The van der Waals surface area contributed by atoms with Crippen molar-refractivity contribution in [2.45, 2.75) is 36.9 Å². The van der Waals surface area contributed by atoms with Crippen molar-refractivity contribution in [1.29, 1.82) is 0 Å². The molecule has 2 nitrogen and oxygen atoms in total. The van der Waals surface area contributed by atoms with Crippen LogP contribution in [0.1, 0.15) is 12.8 Å². The maximum absolute atomic E-state index is 12.5. The van der Waals surface area contributed by atoms with Crippen LogP contribution in [-0.4, -0.2) is 34.3 Å². The molecule has 0 amide bonds. The minimum Gasteiger partial charge on any atom is -0.387 e. The number of aliphatic hydroxyl groups excluding tert-OH is 2. The van der Waals surface area contributed by atoms with Crippen molar-refractivity contribution in [2.75, 3.05) is 0 Å². The molecule has 0 heterocycles. The summed E-state index contributed by atoms with van der Waals surface area (Å²) >= 11 is 0. The molecule has 2 N–H and O–H groups in total. The second-order valence-corrected chi connectivity index (χ2v) is 2.85.